The van der Waals surface area contributed by atoms with Crippen LogP contribution in [0.25, 0.3) is 10.6 Å². The van der Waals surface area contributed by atoms with Crippen molar-refractivity contribution in [3.8, 4) is 10.6 Å². The monoisotopic (exact) mass is 634 g/mol. The molecule has 2 N–H and O–H groups in total. The molecule has 236 valence electrons. The number of dihydropyridines is 1. The van der Waals surface area contributed by atoms with Gasteiger partial charge in [-0.25, -0.2) is 14.4 Å². The quantitative estimate of drug-likeness (QED) is 0.424. The van der Waals surface area contributed by atoms with E-state index in [9.17, 15) is 27.6 Å². The standard InChI is InChI=1S/C30H34F4N6O3S/c1-16-13-40(14-17(2)39(16)3)25-11-22(31)19(29-38-24(15-44-29)28(43)36-18-7-5-4-6-8-18)9-23(25)37-27(42)20-12-35-26(41)10-21(20)30(32,33)34/h9-12,15-18,20H,4-8,13-14H2,1-3H3,(H,36,43)(H,37,42)/t16-,17+,20?. The summed E-state index contributed by atoms with van der Waals surface area (Å²) in [6.07, 6.45) is 1.00. The summed E-state index contributed by atoms with van der Waals surface area (Å²) in [6, 6.07) is 2.75. The van der Waals surface area contributed by atoms with Gasteiger partial charge < -0.3 is 15.5 Å². The van der Waals surface area contributed by atoms with Crippen LogP contribution in [0.2, 0.25) is 0 Å². The average molecular weight is 635 g/mol. The fraction of sp³-hybridized carbons (Fsp3) is 0.500. The number of aromatic nitrogens is 1. The molecule has 1 aliphatic carbocycles. The number of hydrogen-bond acceptors (Lipinski definition) is 7. The van der Waals surface area contributed by atoms with Crippen LogP contribution in [0.15, 0.2) is 34.2 Å². The van der Waals surface area contributed by atoms with Gasteiger partial charge in [0.15, 0.2) is 0 Å². The van der Waals surface area contributed by atoms with Crippen LogP contribution in [0.4, 0.5) is 28.9 Å². The lowest BCUT2D eigenvalue weighted by Crippen LogP contribution is -2.55. The van der Waals surface area contributed by atoms with Crippen LogP contribution in [0.1, 0.15) is 56.4 Å². The van der Waals surface area contributed by atoms with Gasteiger partial charge in [0, 0.05) is 60.5 Å². The zero-order valence-electron chi connectivity index (χ0n) is 24.6. The van der Waals surface area contributed by atoms with Crippen molar-refractivity contribution in [2.45, 2.75) is 70.3 Å². The first-order valence-electron chi connectivity index (χ1n) is 14.6. The Labute approximate surface area is 256 Å². The average Bonchev–Trinajstić information content (AvgIpc) is 3.47. The number of carbonyl (C=O) groups excluding carboxylic acids is 3. The number of alkyl halides is 3. The maximum absolute atomic E-state index is 15.8. The van der Waals surface area contributed by atoms with Crippen molar-refractivity contribution in [3.63, 3.8) is 0 Å². The number of anilines is 2. The number of thiazole rings is 1. The highest BCUT2D eigenvalue weighted by molar-refractivity contribution is 7.13. The molecule has 3 heterocycles. The van der Waals surface area contributed by atoms with E-state index in [2.05, 4.69) is 25.5 Å². The Kier molecular flexibility index (Phi) is 9.21. The number of amides is 3. The normalized spacial score (nSPS) is 23.4. The van der Waals surface area contributed by atoms with E-state index in [-0.39, 0.29) is 46.0 Å². The number of benzene rings is 1. The van der Waals surface area contributed by atoms with E-state index >= 15 is 4.39 Å². The molecule has 1 saturated carbocycles. The van der Waals surface area contributed by atoms with Gasteiger partial charge in [-0.3, -0.25) is 19.3 Å². The highest BCUT2D eigenvalue weighted by atomic mass is 32.1. The Morgan fingerprint density at radius 2 is 1.75 bits per heavy atom. The molecule has 3 amide bonds. The fourth-order valence-corrected chi connectivity index (χ4v) is 6.68. The largest absolute Gasteiger partial charge is 0.414 e. The van der Waals surface area contributed by atoms with Crippen molar-refractivity contribution < 1.29 is 31.9 Å². The van der Waals surface area contributed by atoms with Gasteiger partial charge in [0.05, 0.1) is 16.9 Å². The predicted octanol–water partition coefficient (Wildman–Crippen LogP) is 5.19. The molecule has 44 heavy (non-hydrogen) atoms. The smallest absolute Gasteiger partial charge is 0.367 e. The first-order chi connectivity index (χ1) is 20.8. The van der Waals surface area contributed by atoms with E-state index in [1.165, 1.54) is 17.5 Å². The molecule has 1 aromatic carbocycles. The number of likely N-dealkylation sites (N-methyl/N-ethyl adjacent to an activating group) is 1. The second-order valence-corrected chi connectivity index (χ2v) is 12.5. The van der Waals surface area contributed by atoms with Crippen molar-refractivity contribution in [2.75, 3.05) is 30.4 Å². The number of hydrogen-bond donors (Lipinski definition) is 2. The van der Waals surface area contributed by atoms with E-state index in [0.29, 0.717) is 31.1 Å². The third kappa shape index (κ3) is 6.85. The fourth-order valence-electron chi connectivity index (χ4n) is 5.86. The van der Waals surface area contributed by atoms with Gasteiger partial charge in [-0.2, -0.15) is 13.2 Å². The lowest BCUT2D eigenvalue weighted by atomic mass is 9.95. The minimum atomic E-state index is -4.95. The van der Waals surface area contributed by atoms with Crippen LogP contribution in [0, 0.1) is 11.7 Å². The number of aliphatic imine (C=N–C) groups is 1. The molecule has 5 rings (SSSR count). The topological polar surface area (TPSA) is 107 Å². The Balaban J connectivity index is 1.48. The van der Waals surface area contributed by atoms with E-state index < -0.39 is 35.3 Å². The Morgan fingerprint density at radius 1 is 1.07 bits per heavy atom. The maximum Gasteiger partial charge on any atom is 0.414 e. The number of carbonyl (C=O) groups is 3. The first-order valence-corrected chi connectivity index (χ1v) is 15.4. The highest BCUT2D eigenvalue weighted by Gasteiger charge is 2.43. The van der Waals surface area contributed by atoms with Crippen molar-refractivity contribution in [2.24, 2.45) is 10.9 Å². The van der Waals surface area contributed by atoms with Crippen LogP contribution in [-0.2, 0) is 9.59 Å². The molecule has 2 aromatic rings. The van der Waals surface area contributed by atoms with Crippen molar-refractivity contribution in [1.29, 1.82) is 0 Å². The minimum Gasteiger partial charge on any atom is -0.367 e. The molecule has 3 aliphatic rings. The molecule has 3 atom stereocenters. The summed E-state index contributed by atoms with van der Waals surface area (Å²) in [6.45, 7) is 4.94. The summed E-state index contributed by atoms with van der Waals surface area (Å²) in [7, 11) is 1.97. The Hall–Kier alpha value is -3.65. The van der Waals surface area contributed by atoms with Gasteiger partial charge in [-0.05, 0) is 39.8 Å². The summed E-state index contributed by atoms with van der Waals surface area (Å²) in [5, 5.41) is 7.24. The molecule has 14 heteroatoms. The summed E-state index contributed by atoms with van der Waals surface area (Å²) >= 11 is 1.05. The van der Waals surface area contributed by atoms with Crippen LogP contribution in [-0.4, -0.2) is 78.3 Å². The first kappa shape index (κ1) is 31.8. The molecule has 2 fully saturated rings. The van der Waals surface area contributed by atoms with E-state index in [0.717, 1.165) is 43.4 Å². The van der Waals surface area contributed by atoms with E-state index in [1.54, 1.807) is 0 Å². The van der Waals surface area contributed by atoms with Gasteiger partial charge in [0.2, 0.25) is 5.91 Å². The third-order valence-corrected chi connectivity index (χ3v) is 9.40. The molecule has 9 nitrogen and oxygen atoms in total. The molecule has 0 spiro atoms. The van der Waals surface area contributed by atoms with Crippen LogP contribution < -0.4 is 15.5 Å². The molecule has 0 radical (unpaired) electrons. The molecule has 1 aromatic heterocycles. The number of nitrogens with zero attached hydrogens (tertiary/aromatic N) is 4. The highest BCUT2D eigenvalue weighted by Crippen LogP contribution is 2.39. The van der Waals surface area contributed by atoms with E-state index in [4.69, 9.17) is 0 Å². The predicted molar refractivity (Wildman–Crippen MR) is 161 cm³/mol. The molecule has 1 saturated heterocycles. The van der Waals surface area contributed by atoms with Gasteiger partial charge in [0.1, 0.15) is 22.4 Å². The number of halogens is 4. The summed E-state index contributed by atoms with van der Waals surface area (Å²) < 4.78 is 57.0. The van der Waals surface area contributed by atoms with Crippen LogP contribution >= 0.6 is 11.3 Å². The van der Waals surface area contributed by atoms with Gasteiger partial charge in [-0.1, -0.05) is 19.3 Å². The summed E-state index contributed by atoms with van der Waals surface area (Å²) in [5.74, 6) is -5.09. The van der Waals surface area contributed by atoms with Gasteiger partial charge in [0.25, 0.3) is 11.8 Å². The Morgan fingerprint density at radius 3 is 2.41 bits per heavy atom. The molecular weight excluding hydrogens is 600 g/mol. The minimum absolute atomic E-state index is 0.0138. The lowest BCUT2D eigenvalue weighted by molar-refractivity contribution is -0.124. The van der Waals surface area contributed by atoms with Crippen molar-refractivity contribution in [1.82, 2.24) is 15.2 Å². The van der Waals surface area contributed by atoms with Crippen molar-refractivity contribution >= 4 is 46.6 Å². The second-order valence-electron chi connectivity index (χ2n) is 11.6. The SMILES string of the molecule is C[C@@H]1CN(c2cc(F)c(-c3nc(C(=O)NC4CCCCC4)cs3)cc2NC(=O)C2C=NC(=O)C=C2C(F)(F)F)C[C@H](C)N1C. The van der Waals surface area contributed by atoms with Crippen molar-refractivity contribution in [3.05, 3.63) is 40.7 Å². The summed E-state index contributed by atoms with van der Waals surface area (Å²) in [5.41, 5.74) is -0.853. The number of piperazine rings is 1. The second kappa shape index (κ2) is 12.8. The zero-order chi connectivity index (χ0) is 31.8. The molecular formula is C30H34F4N6O3S. The maximum atomic E-state index is 15.8. The number of nitrogens with one attached hydrogen (secondary N) is 2. The number of rotatable bonds is 6. The summed E-state index contributed by atoms with van der Waals surface area (Å²) in [4.78, 5) is 49.6. The van der Waals surface area contributed by atoms with Gasteiger partial charge in [-0.15, -0.1) is 11.3 Å². The van der Waals surface area contributed by atoms with Gasteiger partial charge >= 0.3 is 6.18 Å². The third-order valence-electron chi connectivity index (χ3n) is 8.53. The van der Waals surface area contributed by atoms with Crippen LogP contribution in [0.5, 0.6) is 0 Å². The van der Waals surface area contributed by atoms with Crippen LogP contribution in [0.3, 0.4) is 0 Å². The molecule has 1 unspecified atom stereocenters. The molecule has 2 aliphatic heterocycles. The Bertz CT molecular complexity index is 1490. The van der Waals surface area contributed by atoms with E-state index in [1.807, 2.05) is 25.8 Å². The molecule has 0 bridgehead atoms. The lowest BCUT2D eigenvalue weighted by Gasteiger charge is -2.44. The zero-order valence-corrected chi connectivity index (χ0v) is 25.4.